The monoisotopic (exact) mass is 908 g/mol. The lowest BCUT2D eigenvalue weighted by Crippen LogP contribution is -2.48. The van der Waals surface area contributed by atoms with Crippen molar-refractivity contribution >= 4 is 70.2 Å². The van der Waals surface area contributed by atoms with E-state index in [1.54, 1.807) is 46.5 Å². The third-order valence-corrected chi connectivity index (χ3v) is 11.6. The summed E-state index contributed by atoms with van der Waals surface area (Å²) in [6.07, 6.45) is 7.96. The fourth-order valence-electron chi connectivity index (χ4n) is 8.19. The van der Waals surface area contributed by atoms with Crippen LogP contribution in [-0.4, -0.2) is 90.3 Å². The maximum absolute atomic E-state index is 13.2. The number of anilines is 6. The number of aromatic nitrogens is 8. The van der Waals surface area contributed by atoms with Gasteiger partial charge in [-0.3, -0.25) is 25.1 Å². The van der Waals surface area contributed by atoms with Crippen LogP contribution in [-0.2, 0) is 0 Å². The minimum atomic E-state index is -0.380. The molecule has 6 aromatic heterocycles. The highest BCUT2D eigenvalue weighted by molar-refractivity contribution is 6.29. The number of carbonyl (C=O) groups excluding carboxylic acids is 2. The zero-order valence-electron chi connectivity index (χ0n) is 35.3. The highest BCUT2D eigenvalue weighted by Gasteiger charge is 2.42. The second kappa shape index (κ2) is 18.7. The standard InChI is InChI=1S/C22H20N4O2.C20H18ClN7O.C4H4ClN3/c1-15-13-16(9-11-23-15)19-7-8-20-21(24-19)26(17-10-12-25(20)14-17)22(27)28-18-5-3-2-4-6-18;1-12-10-13(4-7-22-12)15-2-3-16-18(24-15)28(14-6-9-27(16)11-14)20(29)26-19-23-8-5-17(21)25-19;5-3-1-2-7-4(6)8-3/h2-9,11,13,17H,10,12,14H2,1H3;2-5,7-8,10,14H,6,9,11H2,1H3,(H,23,25,26,29);1-2H,(H2,6,7,8)/t17-;14-;/m00./s1. The van der Waals surface area contributed by atoms with Crippen LogP contribution < -0.4 is 35.4 Å². The van der Waals surface area contributed by atoms with Crippen molar-refractivity contribution in [2.45, 2.75) is 38.8 Å². The van der Waals surface area contributed by atoms with Crippen LogP contribution in [0.25, 0.3) is 22.5 Å². The summed E-state index contributed by atoms with van der Waals surface area (Å²) in [4.78, 5) is 67.8. The lowest BCUT2D eigenvalue weighted by Gasteiger charge is -2.35. The van der Waals surface area contributed by atoms with Crippen molar-refractivity contribution in [2.24, 2.45) is 0 Å². The number of para-hydroxylation sites is 1. The summed E-state index contributed by atoms with van der Waals surface area (Å²) in [6, 6.07) is 28.0. The molecule has 11 rings (SSSR count). The maximum Gasteiger partial charge on any atom is 0.421 e. The Bertz CT molecular complexity index is 2860. The van der Waals surface area contributed by atoms with Gasteiger partial charge in [-0.25, -0.2) is 39.5 Å². The molecule has 4 aliphatic rings. The fraction of sp³-hybridized carbons (Fsp3) is 0.217. The Kier molecular flexibility index (Phi) is 12.3. The first-order chi connectivity index (χ1) is 31.6. The molecule has 4 bridgehead atoms. The molecule has 0 radical (unpaired) electrons. The number of hydrogen-bond donors (Lipinski definition) is 2. The topological polar surface area (TPSA) is 198 Å². The number of urea groups is 1. The number of halogens is 2. The van der Waals surface area contributed by atoms with E-state index in [1.807, 2.05) is 74.5 Å². The van der Waals surface area contributed by atoms with Gasteiger partial charge < -0.3 is 20.3 Å². The zero-order valence-corrected chi connectivity index (χ0v) is 36.8. The number of amides is 3. The average Bonchev–Trinajstić information content (AvgIpc) is 3.92. The number of rotatable bonds is 4. The van der Waals surface area contributed by atoms with Crippen molar-refractivity contribution in [2.75, 3.05) is 56.8 Å². The molecule has 0 saturated carbocycles. The van der Waals surface area contributed by atoms with Crippen molar-refractivity contribution in [3.8, 4) is 28.3 Å². The molecule has 2 fully saturated rings. The normalized spacial score (nSPS) is 16.3. The van der Waals surface area contributed by atoms with Crippen LogP contribution in [0.5, 0.6) is 5.75 Å². The van der Waals surface area contributed by atoms with Crippen molar-refractivity contribution in [3.63, 3.8) is 0 Å². The first kappa shape index (κ1) is 42.8. The number of pyridine rings is 4. The van der Waals surface area contributed by atoms with Gasteiger partial charge in [0.15, 0.2) is 11.6 Å². The summed E-state index contributed by atoms with van der Waals surface area (Å²) in [6.45, 7) is 7.31. The number of fused-ring (bicyclic) bond motifs is 8. The SMILES string of the molecule is Cc1cc(-c2ccc3c(n2)N(C(=O)Nc2nccc(Cl)n2)[C@H]2CCN3C2)ccn1.Cc1cc(-c2ccc3c(n2)N(C(=O)Oc2ccccc2)[C@H]2CCN3C2)ccn1.Nc1nccc(Cl)n1. The molecule has 7 aromatic rings. The number of nitrogen functional groups attached to an aromatic ring is 1. The van der Waals surface area contributed by atoms with E-state index < -0.39 is 0 Å². The second-order valence-electron chi connectivity index (χ2n) is 15.5. The smallest absolute Gasteiger partial charge is 0.410 e. The molecule has 1 aromatic carbocycles. The van der Waals surface area contributed by atoms with Gasteiger partial charge >= 0.3 is 12.1 Å². The van der Waals surface area contributed by atoms with Gasteiger partial charge in [-0.15, -0.1) is 0 Å². The van der Waals surface area contributed by atoms with Gasteiger partial charge in [0.1, 0.15) is 16.1 Å². The van der Waals surface area contributed by atoms with E-state index in [1.165, 1.54) is 12.4 Å². The van der Waals surface area contributed by atoms with Crippen molar-refractivity contribution in [1.82, 2.24) is 39.9 Å². The van der Waals surface area contributed by atoms with E-state index in [9.17, 15) is 9.59 Å². The molecule has 3 N–H and O–H groups in total. The molecule has 65 heavy (non-hydrogen) atoms. The molecular weight excluding hydrogens is 868 g/mol. The Morgan fingerprint density at radius 1 is 0.646 bits per heavy atom. The number of ether oxygens (including phenoxy) is 1. The number of aryl methyl sites for hydroxylation is 2. The molecule has 328 valence electrons. The molecule has 17 nitrogen and oxygen atoms in total. The van der Waals surface area contributed by atoms with E-state index in [0.717, 1.165) is 84.3 Å². The number of nitrogens with two attached hydrogens (primary N) is 1. The van der Waals surface area contributed by atoms with Crippen LogP contribution in [0.2, 0.25) is 10.3 Å². The molecule has 19 heteroatoms. The molecule has 2 atom stereocenters. The van der Waals surface area contributed by atoms with Crippen LogP contribution in [0.15, 0.2) is 116 Å². The minimum absolute atomic E-state index is 0.0450. The zero-order chi connectivity index (χ0) is 45.0. The summed E-state index contributed by atoms with van der Waals surface area (Å²) in [5.41, 5.74) is 12.5. The summed E-state index contributed by atoms with van der Waals surface area (Å²) in [5, 5.41) is 3.40. The predicted molar refractivity (Wildman–Crippen MR) is 251 cm³/mol. The first-order valence-electron chi connectivity index (χ1n) is 20.8. The van der Waals surface area contributed by atoms with E-state index in [0.29, 0.717) is 22.5 Å². The molecule has 10 heterocycles. The molecular formula is C46H42Cl2N14O3. The van der Waals surface area contributed by atoms with Gasteiger partial charge in [-0.1, -0.05) is 41.4 Å². The van der Waals surface area contributed by atoms with Crippen LogP contribution in [0.4, 0.5) is 44.5 Å². The number of carbonyl (C=O) groups is 2. The van der Waals surface area contributed by atoms with Gasteiger partial charge in [0, 0.05) is 73.5 Å². The van der Waals surface area contributed by atoms with Crippen LogP contribution >= 0.6 is 23.2 Å². The molecule has 0 spiro atoms. The van der Waals surface area contributed by atoms with Gasteiger partial charge in [0.05, 0.1) is 34.8 Å². The van der Waals surface area contributed by atoms with Gasteiger partial charge in [0.25, 0.3) is 0 Å². The van der Waals surface area contributed by atoms with E-state index in [-0.39, 0.29) is 41.3 Å². The number of hydrogen-bond acceptors (Lipinski definition) is 14. The van der Waals surface area contributed by atoms with Gasteiger partial charge in [0.2, 0.25) is 11.9 Å². The molecule has 0 unspecified atom stereocenters. The van der Waals surface area contributed by atoms with E-state index in [2.05, 4.69) is 51.1 Å². The largest absolute Gasteiger partial charge is 0.421 e. The third kappa shape index (κ3) is 9.56. The summed E-state index contributed by atoms with van der Waals surface area (Å²) >= 11 is 11.3. The Morgan fingerprint density at radius 2 is 1.18 bits per heavy atom. The number of benzene rings is 1. The Morgan fingerprint density at radius 3 is 1.72 bits per heavy atom. The number of nitrogens with one attached hydrogen (secondary N) is 1. The highest BCUT2D eigenvalue weighted by Crippen LogP contribution is 2.42. The summed E-state index contributed by atoms with van der Waals surface area (Å²) in [7, 11) is 0. The Balaban J connectivity index is 0.000000140. The Hall–Kier alpha value is -7.50. The minimum Gasteiger partial charge on any atom is -0.410 e. The van der Waals surface area contributed by atoms with Gasteiger partial charge in [-0.05, 0) is 99.5 Å². The maximum atomic E-state index is 13.2. The molecule has 3 amide bonds. The van der Waals surface area contributed by atoms with E-state index >= 15 is 0 Å². The second-order valence-corrected chi connectivity index (χ2v) is 16.3. The van der Waals surface area contributed by atoms with Crippen molar-refractivity contribution in [3.05, 3.63) is 137 Å². The number of nitrogens with zero attached hydrogens (tertiary/aromatic N) is 12. The lowest BCUT2D eigenvalue weighted by molar-refractivity contribution is 0.205. The quantitative estimate of drug-likeness (QED) is 0.160. The van der Waals surface area contributed by atoms with Crippen LogP contribution in [0.1, 0.15) is 24.2 Å². The highest BCUT2D eigenvalue weighted by atomic mass is 35.5. The molecule has 4 aliphatic heterocycles. The van der Waals surface area contributed by atoms with Crippen LogP contribution in [0.3, 0.4) is 0 Å². The van der Waals surface area contributed by atoms with Crippen LogP contribution in [0, 0.1) is 13.8 Å². The van der Waals surface area contributed by atoms with Crippen molar-refractivity contribution < 1.29 is 14.3 Å². The Labute approximate surface area is 384 Å². The first-order valence-corrected chi connectivity index (χ1v) is 21.6. The molecule has 0 aliphatic carbocycles. The lowest BCUT2D eigenvalue weighted by atomic mass is 10.1. The third-order valence-electron chi connectivity index (χ3n) is 11.1. The average molecular weight is 910 g/mol. The van der Waals surface area contributed by atoms with Gasteiger partial charge in [-0.2, -0.15) is 0 Å². The van der Waals surface area contributed by atoms with E-state index in [4.69, 9.17) is 43.6 Å². The van der Waals surface area contributed by atoms with Crippen molar-refractivity contribution in [1.29, 1.82) is 0 Å². The summed E-state index contributed by atoms with van der Waals surface area (Å²) in [5.74, 6) is 2.23. The fourth-order valence-corrected chi connectivity index (χ4v) is 8.47. The molecule has 2 saturated heterocycles. The summed E-state index contributed by atoms with van der Waals surface area (Å²) < 4.78 is 5.64. The predicted octanol–water partition coefficient (Wildman–Crippen LogP) is 8.29.